The third kappa shape index (κ3) is 3.64. The van der Waals surface area contributed by atoms with Crippen LogP contribution in [0.1, 0.15) is 43.0 Å². The molecule has 1 amide bonds. The Labute approximate surface area is 143 Å². The molecule has 0 radical (unpaired) electrons. The van der Waals surface area contributed by atoms with Gasteiger partial charge in [-0.1, -0.05) is 0 Å². The van der Waals surface area contributed by atoms with Gasteiger partial charge in [-0.05, 0) is 63.7 Å². The van der Waals surface area contributed by atoms with Gasteiger partial charge in [0.25, 0.3) is 0 Å². The second kappa shape index (κ2) is 6.84. The lowest BCUT2D eigenvalue weighted by Gasteiger charge is -2.29. The number of likely N-dealkylation sites (tertiary alicyclic amines) is 1. The Morgan fingerprint density at radius 2 is 2.12 bits per heavy atom. The Balaban J connectivity index is 1.34. The number of fused-ring (bicyclic) bond motifs is 1. The van der Waals surface area contributed by atoms with Gasteiger partial charge in [-0.25, -0.2) is 0 Å². The van der Waals surface area contributed by atoms with Crippen molar-refractivity contribution < 1.29 is 9.53 Å². The molecule has 0 unspecified atom stereocenters. The zero-order valence-corrected chi connectivity index (χ0v) is 14.5. The number of piperidine rings is 1. The minimum atomic E-state index is -0.0931. The van der Waals surface area contributed by atoms with Crippen molar-refractivity contribution in [1.29, 1.82) is 0 Å². The quantitative estimate of drug-likeness (QED) is 0.885. The van der Waals surface area contributed by atoms with E-state index in [0.717, 1.165) is 57.1 Å². The predicted octanol–water partition coefficient (Wildman–Crippen LogP) is 1.36. The largest absolute Gasteiger partial charge is 0.370 e. The predicted molar refractivity (Wildman–Crippen MR) is 90.6 cm³/mol. The molecule has 132 valence electrons. The van der Waals surface area contributed by atoms with E-state index in [1.165, 1.54) is 18.4 Å². The van der Waals surface area contributed by atoms with Crippen LogP contribution in [0.3, 0.4) is 0 Å². The summed E-state index contributed by atoms with van der Waals surface area (Å²) in [6, 6.07) is 0. The summed E-state index contributed by atoms with van der Waals surface area (Å²) in [7, 11) is 2.11. The van der Waals surface area contributed by atoms with Crippen LogP contribution in [0.25, 0.3) is 0 Å². The Morgan fingerprint density at radius 3 is 2.88 bits per heavy atom. The Bertz CT molecular complexity index is 588. The van der Waals surface area contributed by atoms with Gasteiger partial charge in [-0.15, -0.1) is 0 Å². The van der Waals surface area contributed by atoms with Gasteiger partial charge in [0.1, 0.15) is 6.10 Å². The minimum Gasteiger partial charge on any atom is -0.370 e. The highest BCUT2D eigenvalue weighted by Gasteiger charge is 2.29. The first kappa shape index (κ1) is 16.1. The van der Waals surface area contributed by atoms with Gasteiger partial charge >= 0.3 is 0 Å². The van der Waals surface area contributed by atoms with Crippen LogP contribution in [-0.2, 0) is 22.5 Å². The standard InChI is InChI=1S/C18H28N4O2/c1-21-7-4-14(5-8-21)18(23)19-10-16-17-15(6-9-24-16)12-22(20-17)11-13-2-3-13/h12-14,16H,2-11H2,1H3,(H,19,23)/t16-/m1/s1. The van der Waals surface area contributed by atoms with Crippen LogP contribution in [0, 0.1) is 11.8 Å². The first-order valence-electron chi connectivity index (χ1n) is 9.33. The first-order chi connectivity index (χ1) is 11.7. The van der Waals surface area contributed by atoms with E-state index in [4.69, 9.17) is 9.84 Å². The molecule has 2 fully saturated rings. The molecule has 24 heavy (non-hydrogen) atoms. The normalized spacial score (nSPS) is 25.5. The maximum Gasteiger partial charge on any atom is 0.223 e. The van der Waals surface area contributed by atoms with Crippen LogP contribution in [-0.4, -0.2) is 53.9 Å². The van der Waals surface area contributed by atoms with Gasteiger partial charge in [0.05, 0.1) is 12.3 Å². The molecule has 1 saturated carbocycles. The number of nitrogens with zero attached hydrogens (tertiary/aromatic N) is 3. The van der Waals surface area contributed by atoms with E-state index < -0.39 is 0 Å². The van der Waals surface area contributed by atoms with Gasteiger partial charge in [-0.2, -0.15) is 5.10 Å². The summed E-state index contributed by atoms with van der Waals surface area (Å²) in [5.74, 6) is 1.14. The van der Waals surface area contributed by atoms with E-state index in [-0.39, 0.29) is 17.9 Å². The molecular weight excluding hydrogens is 304 g/mol. The van der Waals surface area contributed by atoms with Crippen molar-refractivity contribution in [2.24, 2.45) is 11.8 Å². The number of hydrogen-bond donors (Lipinski definition) is 1. The van der Waals surface area contributed by atoms with Crippen molar-refractivity contribution in [3.8, 4) is 0 Å². The molecule has 3 heterocycles. The van der Waals surface area contributed by atoms with E-state index in [0.29, 0.717) is 6.54 Å². The molecule has 1 atom stereocenters. The van der Waals surface area contributed by atoms with Crippen molar-refractivity contribution in [2.45, 2.75) is 44.8 Å². The Hall–Kier alpha value is -1.40. The van der Waals surface area contributed by atoms with Gasteiger partial charge < -0.3 is 15.0 Å². The average molecular weight is 332 g/mol. The fourth-order valence-electron chi connectivity index (χ4n) is 3.75. The van der Waals surface area contributed by atoms with Crippen LogP contribution >= 0.6 is 0 Å². The van der Waals surface area contributed by atoms with Gasteiger partial charge in [-0.3, -0.25) is 9.48 Å². The maximum absolute atomic E-state index is 12.4. The second-order valence-corrected chi connectivity index (χ2v) is 7.64. The Kier molecular flexibility index (Phi) is 4.59. The fraction of sp³-hybridized carbons (Fsp3) is 0.778. The number of carbonyl (C=O) groups excluding carboxylic acids is 1. The van der Waals surface area contributed by atoms with E-state index in [1.807, 2.05) is 0 Å². The number of carbonyl (C=O) groups is 1. The molecule has 1 aromatic heterocycles. The molecule has 0 aromatic carbocycles. The lowest BCUT2D eigenvalue weighted by molar-refractivity contribution is -0.127. The van der Waals surface area contributed by atoms with Crippen LogP contribution < -0.4 is 5.32 Å². The summed E-state index contributed by atoms with van der Waals surface area (Å²) < 4.78 is 7.98. The molecule has 1 aromatic rings. The summed E-state index contributed by atoms with van der Waals surface area (Å²) in [5.41, 5.74) is 2.33. The summed E-state index contributed by atoms with van der Waals surface area (Å²) in [6.07, 6.45) is 7.59. The van der Waals surface area contributed by atoms with E-state index in [9.17, 15) is 4.79 Å². The zero-order chi connectivity index (χ0) is 16.5. The average Bonchev–Trinajstić information content (AvgIpc) is 3.29. The molecule has 4 rings (SSSR count). The third-order valence-electron chi connectivity index (χ3n) is 5.56. The van der Waals surface area contributed by atoms with Crippen molar-refractivity contribution >= 4 is 5.91 Å². The lowest BCUT2D eigenvalue weighted by Crippen LogP contribution is -2.40. The van der Waals surface area contributed by atoms with E-state index in [1.54, 1.807) is 0 Å². The molecule has 2 aliphatic heterocycles. The van der Waals surface area contributed by atoms with Crippen molar-refractivity contribution in [3.63, 3.8) is 0 Å². The first-order valence-corrected chi connectivity index (χ1v) is 9.33. The molecule has 0 spiro atoms. The smallest absolute Gasteiger partial charge is 0.223 e. The summed E-state index contributed by atoms with van der Waals surface area (Å²) in [6.45, 7) is 4.30. The molecule has 1 saturated heterocycles. The monoisotopic (exact) mass is 332 g/mol. The molecular formula is C18H28N4O2. The van der Waals surface area contributed by atoms with Gasteiger partial charge in [0.15, 0.2) is 0 Å². The van der Waals surface area contributed by atoms with E-state index in [2.05, 4.69) is 28.1 Å². The number of aromatic nitrogens is 2. The zero-order valence-electron chi connectivity index (χ0n) is 14.5. The van der Waals surface area contributed by atoms with Crippen LogP contribution in [0.15, 0.2) is 6.20 Å². The van der Waals surface area contributed by atoms with E-state index >= 15 is 0 Å². The molecule has 1 aliphatic carbocycles. The highest BCUT2D eigenvalue weighted by Crippen LogP contribution is 2.32. The molecule has 6 heteroatoms. The summed E-state index contributed by atoms with van der Waals surface area (Å²) in [4.78, 5) is 14.7. The highest BCUT2D eigenvalue weighted by molar-refractivity contribution is 5.78. The van der Waals surface area contributed by atoms with Crippen molar-refractivity contribution in [1.82, 2.24) is 20.0 Å². The second-order valence-electron chi connectivity index (χ2n) is 7.64. The number of amides is 1. The van der Waals surface area contributed by atoms with Crippen molar-refractivity contribution in [3.05, 3.63) is 17.5 Å². The highest BCUT2D eigenvalue weighted by atomic mass is 16.5. The number of hydrogen-bond acceptors (Lipinski definition) is 4. The topological polar surface area (TPSA) is 59.4 Å². The number of ether oxygens (including phenoxy) is 1. The van der Waals surface area contributed by atoms with Gasteiger partial charge in [0, 0.05) is 25.2 Å². The lowest BCUT2D eigenvalue weighted by atomic mass is 9.96. The fourth-order valence-corrected chi connectivity index (χ4v) is 3.75. The summed E-state index contributed by atoms with van der Waals surface area (Å²) in [5, 5.41) is 7.85. The van der Waals surface area contributed by atoms with Crippen LogP contribution in [0.5, 0.6) is 0 Å². The molecule has 6 nitrogen and oxygen atoms in total. The van der Waals surface area contributed by atoms with Gasteiger partial charge in [0.2, 0.25) is 5.91 Å². The maximum atomic E-state index is 12.4. The summed E-state index contributed by atoms with van der Waals surface area (Å²) >= 11 is 0. The molecule has 3 aliphatic rings. The minimum absolute atomic E-state index is 0.0931. The third-order valence-corrected chi connectivity index (χ3v) is 5.56. The Morgan fingerprint density at radius 1 is 1.33 bits per heavy atom. The van der Waals surface area contributed by atoms with Crippen LogP contribution in [0.2, 0.25) is 0 Å². The van der Waals surface area contributed by atoms with Crippen molar-refractivity contribution in [2.75, 3.05) is 33.3 Å². The van der Waals surface area contributed by atoms with Crippen LogP contribution in [0.4, 0.5) is 0 Å². The SMILES string of the molecule is CN1CCC(C(=O)NC[C@H]2OCCc3cn(CC4CC4)nc32)CC1. The molecule has 0 bridgehead atoms. The number of rotatable bonds is 5. The number of nitrogens with one attached hydrogen (secondary N) is 1. The molecule has 1 N–H and O–H groups in total.